The van der Waals surface area contributed by atoms with E-state index in [9.17, 15) is 16.8 Å². The highest BCUT2D eigenvalue weighted by Crippen LogP contribution is 2.33. The van der Waals surface area contributed by atoms with Gasteiger partial charge in [-0.05, 0) is 68.1 Å². The quantitative estimate of drug-likeness (QED) is 0.705. The van der Waals surface area contributed by atoms with Crippen molar-refractivity contribution in [2.24, 2.45) is 0 Å². The van der Waals surface area contributed by atoms with Gasteiger partial charge in [0.25, 0.3) is 10.0 Å². The lowest BCUT2D eigenvalue weighted by molar-refractivity contribution is 0.403. The van der Waals surface area contributed by atoms with Crippen molar-refractivity contribution in [2.45, 2.75) is 30.6 Å². The van der Waals surface area contributed by atoms with E-state index in [2.05, 4.69) is 9.62 Å². The molecule has 0 bridgehead atoms. The molecule has 0 unspecified atom stereocenters. The summed E-state index contributed by atoms with van der Waals surface area (Å²) < 4.78 is 60.3. The van der Waals surface area contributed by atoms with E-state index >= 15 is 0 Å². The van der Waals surface area contributed by atoms with Crippen molar-refractivity contribution >= 4 is 37.1 Å². The molecular weight excluding hydrogens is 438 g/mol. The predicted molar refractivity (Wildman–Crippen MR) is 122 cm³/mol. The summed E-state index contributed by atoms with van der Waals surface area (Å²) in [6, 6.07) is 11.7. The van der Waals surface area contributed by atoms with Gasteiger partial charge in [0.1, 0.15) is 10.6 Å². The molecule has 2 aromatic rings. The molecule has 2 aliphatic heterocycles. The second-order valence-electron chi connectivity index (χ2n) is 7.78. The molecule has 0 aromatic heterocycles. The van der Waals surface area contributed by atoms with Crippen molar-refractivity contribution in [3.63, 3.8) is 0 Å². The van der Waals surface area contributed by atoms with Gasteiger partial charge in [0, 0.05) is 31.0 Å². The van der Waals surface area contributed by atoms with Crippen LogP contribution in [-0.2, 0) is 20.0 Å². The van der Waals surface area contributed by atoms with Crippen molar-refractivity contribution in [3.8, 4) is 5.75 Å². The molecule has 2 saturated heterocycles. The second kappa shape index (κ2) is 8.58. The van der Waals surface area contributed by atoms with Crippen molar-refractivity contribution in [3.05, 3.63) is 42.5 Å². The number of nitrogens with one attached hydrogen (secondary N) is 1. The van der Waals surface area contributed by atoms with E-state index in [1.807, 2.05) is 12.1 Å². The first kappa shape index (κ1) is 21.8. The standard InChI is InChI=1S/C21H27N3O5S2/c1-29-20-11-10-19(24-14-4-5-15-30(24,25)26)16-21(20)31(27,28)22-17-6-8-18(9-7-17)23-12-2-3-13-23/h6-11,16,22H,2-5,12-15H2,1H3. The first-order valence-corrected chi connectivity index (χ1v) is 13.5. The maximum atomic E-state index is 13.1. The Morgan fingerprint density at radius 2 is 1.55 bits per heavy atom. The number of methoxy groups -OCH3 is 1. The van der Waals surface area contributed by atoms with Gasteiger partial charge in [-0.1, -0.05) is 0 Å². The normalized spacial score (nSPS) is 18.7. The summed E-state index contributed by atoms with van der Waals surface area (Å²) in [6.45, 7) is 2.35. The predicted octanol–water partition coefficient (Wildman–Crippen LogP) is 3.03. The molecule has 0 amide bonds. The van der Waals surface area contributed by atoms with Gasteiger partial charge in [-0.2, -0.15) is 0 Å². The fourth-order valence-electron chi connectivity index (χ4n) is 4.04. The molecule has 0 radical (unpaired) electrons. The number of rotatable bonds is 6. The van der Waals surface area contributed by atoms with E-state index in [1.165, 1.54) is 23.5 Å². The van der Waals surface area contributed by atoms with Gasteiger partial charge in [-0.15, -0.1) is 0 Å². The molecule has 10 heteroatoms. The number of nitrogens with zero attached hydrogens (tertiary/aromatic N) is 2. The molecule has 2 heterocycles. The van der Waals surface area contributed by atoms with Gasteiger partial charge in [0.2, 0.25) is 10.0 Å². The molecule has 2 aromatic carbocycles. The molecule has 0 aliphatic carbocycles. The van der Waals surface area contributed by atoms with Crippen LogP contribution < -0.4 is 18.7 Å². The Labute approximate surface area is 183 Å². The van der Waals surface area contributed by atoms with Crippen LogP contribution >= 0.6 is 0 Å². The van der Waals surface area contributed by atoms with Crippen LogP contribution in [0.15, 0.2) is 47.4 Å². The average Bonchev–Trinajstić information content (AvgIpc) is 3.28. The minimum atomic E-state index is -4.00. The molecule has 2 aliphatic rings. The number of anilines is 3. The van der Waals surface area contributed by atoms with Gasteiger partial charge in [-0.25, -0.2) is 16.8 Å². The van der Waals surface area contributed by atoms with E-state index in [1.54, 1.807) is 18.2 Å². The van der Waals surface area contributed by atoms with E-state index in [0.717, 1.165) is 38.0 Å². The number of benzene rings is 2. The monoisotopic (exact) mass is 465 g/mol. The maximum Gasteiger partial charge on any atom is 0.265 e. The smallest absolute Gasteiger partial charge is 0.265 e. The highest BCUT2D eigenvalue weighted by atomic mass is 32.2. The Hall–Kier alpha value is -2.46. The highest BCUT2D eigenvalue weighted by molar-refractivity contribution is 7.93. The van der Waals surface area contributed by atoms with Crippen molar-refractivity contribution in [2.75, 3.05) is 46.4 Å². The van der Waals surface area contributed by atoms with Gasteiger partial charge >= 0.3 is 0 Å². The van der Waals surface area contributed by atoms with Crippen molar-refractivity contribution < 1.29 is 21.6 Å². The topological polar surface area (TPSA) is 96.0 Å². The van der Waals surface area contributed by atoms with Crippen LogP contribution in [0.25, 0.3) is 0 Å². The molecule has 2 fully saturated rings. The van der Waals surface area contributed by atoms with Crippen LogP contribution in [0.1, 0.15) is 25.7 Å². The summed E-state index contributed by atoms with van der Waals surface area (Å²) in [6.07, 6.45) is 3.67. The molecule has 0 atom stereocenters. The zero-order chi connectivity index (χ0) is 22.1. The highest BCUT2D eigenvalue weighted by Gasteiger charge is 2.29. The summed E-state index contributed by atoms with van der Waals surface area (Å²) in [5.41, 5.74) is 1.82. The minimum absolute atomic E-state index is 0.0583. The number of hydrogen-bond donors (Lipinski definition) is 1. The fraction of sp³-hybridized carbons (Fsp3) is 0.429. The van der Waals surface area contributed by atoms with E-state index in [0.29, 0.717) is 24.3 Å². The first-order valence-electron chi connectivity index (χ1n) is 10.4. The average molecular weight is 466 g/mol. The van der Waals surface area contributed by atoms with Crippen molar-refractivity contribution in [1.82, 2.24) is 0 Å². The molecular formula is C21H27N3O5S2. The third kappa shape index (κ3) is 4.59. The number of ether oxygens (including phenoxy) is 1. The second-order valence-corrected chi connectivity index (χ2v) is 11.4. The molecule has 1 N–H and O–H groups in total. The molecule has 0 saturated carbocycles. The Balaban J connectivity index is 1.62. The summed E-state index contributed by atoms with van der Waals surface area (Å²) in [5.74, 6) is 0.210. The zero-order valence-corrected chi connectivity index (χ0v) is 19.1. The lowest BCUT2D eigenvalue weighted by Gasteiger charge is -2.28. The molecule has 8 nitrogen and oxygen atoms in total. The van der Waals surface area contributed by atoms with E-state index < -0.39 is 20.0 Å². The van der Waals surface area contributed by atoms with E-state index in [-0.39, 0.29) is 16.4 Å². The maximum absolute atomic E-state index is 13.1. The molecule has 168 valence electrons. The van der Waals surface area contributed by atoms with Crippen LogP contribution in [0.5, 0.6) is 5.75 Å². The number of sulfonamides is 2. The minimum Gasteiger partial charge on any atom is -0.495 e. The van der Waals surface area contributed by atoms with Gasteiger partial charge < -0.3 is 9.64 Å². The largest absolute Gasteiger partial charge is 0.495 e. The Morgan fingerprint density at radius 1 is 0.903 bits per heavy atom. The lowest BCUT2D eigenvalue weighted by Crippen LogP contribution is -2.37. The van der Waals surface area contributed by atoms with Crippen LogP contribution in [0, 0.1) is 0 Å². The van der Waals surface area contributed by atoms with Gasteiger partial charge in [0.05, 0.1) is 18.6 Å². The number of hydrogen-bond acceptors (Lipinski definition) is 6. The fourth-order valence-corrected chi connectivity index (χ4v) is 6.91. The first-order chi connectivity index (χ1) is 14.8. The molecule has 4 rings (SSSR count). The summed E-state index contributed by atoms with van der Waals surface area (Å²) in [7, 11) is -6.07. The Morgan fingerprint density at radius 3 is 2.19 bits per heavy atom. The third-order valence-electron chi connectivity index (χ3n) is 5.66. The zero-order valence-electron chi connectivity index (χ0n) is 17.5. The Bertz CT molecular complexity index is 1140. The molecule has 31 heavy (non-hydrogen) atoms. The van der Waals surface area contributed by atoms with E-state index in [4.69, 9.17) is 4.74 Å². The summed E-state index contributed by atoms with van der Waals surface area (Å²) in [5, 5.41) is 0. The third-order valence-corrected chi connectivity index (χ3v) is 8.94. The van der Waals surface area contributed by atoms with Crippen molar-refractivity contribution in [1.29, 1.82) is 0 Å². The van der Waals surface area contributed by atoms with Crippen LogP contribution in [0.3, 0.4) is 0 Å². The van der Waals surface area contributed by atoms with Gasteiger partial charge in [-0.3, -0.25) is 9.03 Å². The Kier molecular flexibility index (Phi) is 6.02. The van der Waals surface area contributed by atoms with Crippen LogP contribution in [-0.4, -0.2) is 49.3 Å². The SMILES string of the molecule is COc1ccc(N2CCCCS2(=O)=O)cc1S(=O)(=O)Nc1ccc(N2CCCC2)cc1. The summed E-state index contributed by atoms with van der Waals surface area (Å²) >= 11 is 0. The van der Waals surface area contributed by atoms with Crippen LogP contribution in [0.2, 0.25) is 0 Å². The lowest BCUT2D eigenvalue weighted by atomic mass is 10.2. The van der Waals surface area contributed by atoms with Gasteiger partial charge in [0.15, 0.2) is 0 Å². The van der Waals surface area contributed by atoms with Crippen LogP contribution in [0.4, 0.5) is 17.1 Å². The summed E-state index contributed by atoms with van der Waals surface area (Å²) in [4.78, 5) is 2.17. The molecule has 0 spiro atoms.